The molecule has 0 aliphatic heterocycles. The minimum absolute atomic E-state index is 0.330. The second-order valence-electron chi connectivity index (χ2n) is 4.56. The van der Waals surface area contributed by atoms with Crippen molar-refractivity contribution in [2.75, 3.05) is 7.11 Å². The fourth-order valence-corrected chi connectivity index (χ4v) is 1.97. The van der Waals surface area contributed by atoms with Crippen molar-refractivity contribution < 1.29 is 19.0 Å². The molecule has 0 heterocycles. The van der Waals surface area contributed by atoms with E-state index in [1.165, 1.54) is 13.2 Å². The molecule has 0 aliphatic carbocycles. The molecule has 3 nitrogen and oxygen atoms in total. The number of benzene rings is 2. The molecule has 0 aromatic heterocycles. The zero-order chi connectivity index (χ0) is 14.7. The van der Waals surface area contributed by atoms with Gasteiger partial charge in [-0.15, -0.1) is 0 Å². The van der Waals surface area contributed by atoms with Crippen LogP contribution in [0.2, 0.25) is 0 Å². The van der Waals surface area contributed by atoms with Crippen LogP contribution in [0, 0.1) is 12.7 Å². The molecule has 0 bridgehead atoms. The van der Waals surface area contributed by atoms with Crippen LogP contribution in [0.1, 0.15) is 24.2 Å². The molecular weight excluding hydrogens is 259 g/mol. The molecule has 0 saturated carbocycles. The standard InChI is InChI=1S/C16H17FO3/c1-10-7-8-12(9-13(10)17)20-15-6-4-5-14(19-3)16(15)11(2)18/h4-9,11,18H,1-3H3/t11-/m0/s1. The van der Waals surface area contributed by atoms with Crippen molar-refractivity contribution in [3.63, 3.8) is 0 Å². The van der Waals surface area contributed by atoms with E-state index in [0.29, 0.717) is 28.4 Å². The molecule has 20 heavy (non-hydrogen) atoms. The van der Waals surface area contributed by atoms with Gasteiger partial charge in [0.2, 0.25) is 0 Å². The lowest BCUT2D eigenvalue weighted by atomic mass is 10.1. The number of aliphatic hydroxyl groups excluding tert-OH is 1. The van der Waals surface area contributed by atoms with Crippen molar-refractivity contribution in [2.45, 2.75) is 20.0 Å². The largest absolute Gasteiger partial charge is 0.496 e. The third kappa shape index (κ3) is 2.91. The molecule has 4 heteroatoms. The average Bonchev–Trinajstić information content (AvgIpc) is 2.42. The Hall–Kier alpha value is -2.07. The molecular formula is C16H17FO3. The summed E-state index contributed by atoms with van der Waals surface area (Å²) in [6, 6.07) is 9.86. The minimum Gasteiger partial charge on any atom is -0.496 e. The molecule has 106 valence electrons. The number of methoxy groups -OCH3 is 1. The second-order valence-corrected chi connectivity index (χ2v) is 4.56. The summed E-state index contributed by atoms with van der Waals surface area (Å²) in [5.74, 6) is 1.03. The van der Waals surface area contributed by atoms with Crippen LogP contribution in [-0.4, -0.2) is 12.2 Å². The van der Waals surface area contributed by atoms with Crippen molar-refractivity contribution in [1.29, 1.82) is 0 Å². The first-order valence-electron chi connectivity index (χ1n) is 6.32. The number of aryl methyl sites for hydroxylation is 1. The maximum Gasteiger partial charge on any atom is 0.136 e. The first kappa shape index (κ1) is 14.3. The van der Waals surface area contributed by atoms with Gasteiger partial charge in [-0.25, -0.2) is 4.39 Å². The van der Waals surface area contributed by atoms with Crippen LogP contribution >= 0.6 is 0 Å². The third-order valence-corrected chi connectivity index (χ3v) is 3.03. The Morgan fingerprint density at radius 3 is 2.45 bits per heavy atom. The van der Waals surface area contributed by atoms with Gasteiger partial charge in [-0.1, -0.05) is 12.1 Å². The van der Waals surface area contributed by atoms with E-state index in [4.69, 9.17) is 9.47 Å². The number of hydrogen-bond acceptors (Lipinski definition) is 3. The van der Waals surface area contributed by atoms with E-state index < -0.39 is 6.10 Å². The number of hydrogen-bond donors (Lipinski definition) is 1. The van der Waals surface area contributed by atoms with E-state index in [-0.39, 0.29) is 5.82 Å². The summed E-state index contributed by atoms with van der Waals surface area (Å²) in [6.45, 7) is 3.31. The van der Waals surface area contributed by atoms with Gasteiger partial charge >= 0.3 is 0 Å². The van der Waals surface area contributed by atoms with Gasteiger partial charge in [0.15, 0.2) is 0 Å². The predicted octanol–water partition coefficient (Wildman–Crippen LogP) is 3.99. The lowest BCUT2D eigenvalue weighted by Gasteiger charge is -2.16. The van der Waals surface area contributed by atoms with E-state index >= 15 is 0 Å². The Balaban J connectivity index is 2.40. The lowest BCUT2D eigenvalue weighted by Crippen LogP contribution is -2.00. The number of halogens is 1. The molecule has 1 N–H and O–H groups in total. The molecule has 2 rings (SSSR count). The van der Waals surface area contributed by atoms with E-state index in [2.05, 4.69) is 0 Å². The summed E-state index contributed by atoms with van der Waals surface area (Å²) in [7, 11) is 1.52. The highest BCUT2D eigenvalue weighted by Gasteiger charge is 2.16. The number of aliphatic hydroxyl groups is 1. The summed E-state index contributed by atoms with van der Waals surface area (Å²) < 4.78 is 24.4. The summed E-state index contributed by atoms with van der Waals surface area (Å²) in [5.41, 5.74) is 1.09. The molecule has 0 saturated heterocycles. The molecule has 0 fully saturated rings. The zero-order valence-corrected chi connectivity index (χ0v) is 11.7. The summed E-state index contributed by atoms with van der Waals surface area (Å²) in [5, 5.41) is 9.86. The van der Waals surface area contributed by atoms with E-state index in [9.17, 15) is 9.50 Å². The van der Waals surface area contributed by atoms with Crippen molar-refractivity contribution in [3.05, 3.63) is 53.3 Å². The Morgan fingerprint density at radius 1 is 1.15 bits per heavy atom. The van der Waals surface area contributed by atoms with E-state index in [1.54, 1.807) is 44.2 Å². The quantitative estimate of drug-likeness (QED) is 0.917. The highest BCUT2D eigenvalue weighted by molar-refractivity contribution is 5.48. The molecule has 0 amide bonds. The Labute approximate surface area is 117 Å². The lowest BCUT2D eigenvalue weighted by molar-refractivity contribution is 0.190. The monoisotopic (exact) mass is 276 g/mol. The summed E-state index contributed by atoms with van der Waals surface area (Å²) in [6.07, 6.45) is -0.753. The predicted molar refractivity (Wildman–Crippen MR) is 74.8 cm³/mol. The third-order valence-electron chi connectivity index (χ3n) is 3.03. The Bertz CT molecular complexity index is 609. The first-order valence-corrected chi connectivity index (χ1v) is 6.32. The van der Waals surface area contributed by atoms with Crippen molar-refractivity contribution in [1.82, 2.24) is 0 Å². The van der Waals surface area contributed by atoms with Crippen LogP contribution in [0.15, 0.2) is 36.4 Å². The fraction of sp³-hybridized carbons (Fsp3) is 0.250. The maximum atomic E-state index is 13.5. The fourth-order valence-electron chi connectivity index (χ4n) is 1.97. The highest BCUT2D eigenvalue weighted by Crippen LogP contribution is 2.36. The SMILES string of the molecule is COc1cccc(Oc2ccc(C)c(F)c2)c1[C@H](C)O. The van der Waals surface area contributed by atoms with E-state index in [1.807, 2.05) is 0 Å². The molecule has 0 radical (unpaired) electrons. The van der Waals surface area contributed by atoms with Crippen LogP contribution in [0.25, 0.3) is 0 Å². The van der Waals surface area contributed by atoms with E-state index in [0.717, 1.165) is 0 Å². The minimum atomic E-state index is -0.753. The molecule has 2 aromatic rings. The highest BCUT2D eigenvalue weighted by atomic mass is 19.1. The molecule has 0 unspecified atom stereocenters. The molecule has 1 atom stereocenters. The van der Waals surface area contributed by atoms with Gasteiger partial charge in [0.1, 0.15) is 23.1 Å². The second kappa shape index (κ2) is 5.92. The van der Waals surface area contributed by atoms with Gasteiger partial charge in [-0.05, 0) is 37.6 Å². The van der Waals surface area contributed by atoms with Crippen LogP contribution in [-0.2, 0) is 0 Å². The van der Waals surface area contributed by atoms with Crippen LogP contribution < -0.4 is 9.47 Å². The van der Waals surface area contributed by atoms with Gasteiger partial charge in [-0.2, -0.15) is 0 Å². The normalized spacial score (nSPS) is 12.1. The van der Waals surface area contributed by atoms with Crippen LogP contribution in [0.3, 0.4) is 0 Å². The van der Waals surface area contributed by atoms with Crippen molar-refractivity contribution in [3.8, 4) is 17.2 Å². The average molecular weight is 276 g/mol. The van der Waals surface area contributed by atoms with Crippen molar-refractivity contribution in [2.24, 2.45) is 0 Å². The topological polar surface area (TPSA) is 38.7 Å². The molecule has 2 aromatic carbocycles. The molecule has 0 aliphatic rings. The van der Waals surface area contributed by atoms with Gasteiger partial charge in [0, 0.05) is 6.07 Å². The zero-order valence-electron chi connectivity index (χ0n) is 11.7. The Kier molecular flexibility index (Phi) is 4.25. The summed E-state index contributed by atoms with van der Waals surface area (Å²) in [4.78, 5) is 0. The Morgan fingerprint density at radius 2 is 1.85 bits per heavy atom. The van der Waals surface area contributed by atoms with Gasteiger partial charge in [-0.3, -0.25) is 0 Å². The smallest absolute Gasteiger partial charge is 0.136 e. The van der Waals surface area contributed by atoms with Crippen LogP contribution in [0.5, 0.6) is 17.2 Å². The van der Waals surface area contributed by atoms with Gasteiger partial charge in [0.05, 0.1) is 18.8 Å². The van der Waals surface area contributed by atoms with Gasteiger partial charge < -0.3 is 14.6 Å². The first-order chi connectivity index (χ1) is 9.52. The maximum absolute atomic E-state index is 13.5. The summed E-state index contributed by atoms with van der Waals surface area (Å²) >= 11 is 0. The van der Waals surface area contributed by atoms with Crippen molar-refractivity contribution >= 4 is 0 Å². The molecule has 0 spiro atoms. The van der Waals surface area contributed by atoms with Crippen LogP contribution in [0.4, 0.5) is 4.39 Å². The number of rotatable bonds is 4. The van der Waals surface area contributed by atoms with Gasteiger partial charge in [0.25, 0.3) is 0 Å². The number of ether oxygens (including phenoxy) is 2.